The number of benzene rings is 2. The summed E-state index contributed by atoms with van der Waals surface area (Å²) in [6.45, 7) is 0. The van der Waals surface area contributed by atoms with Crippen molar-refractivity contribution in [2.75, 3.05) is 0 Å². The van der Waals surface area contributed by atoms with Gasteiger partial charge in [-0.15, -0.1) is 0 Å². The highest BCUT2D eigenvalue weighted by Crippen LogP contribution is 2.29. The number of halogens is 4. The van der Waals surface area contributed by atoms with Gasteiger partial charge < -0.3 is 0 Å². The van der Waals surface area contributed by atoms with Crippen LogP contribution in [0.2, 0.25) is 5.02 Å². The molecule has 112 valence electrons. The third-order valence-electron chi connectivity index (χ3n) is 3.19. The Bertz CT molecular complexity index is 579. The highest BCUT2D eigenvalue weighted by Gasteiger charge is 2.30. The molecule has 0 aliphatic heterocycles. The van der Waals surface area contributed by atoms with Crippen LogP contribution in [0, 0.1) is 0 Å². The molecule has 0 saturated heterocycles. The van der Waals surface area contributed by atoms with Gasteiger partial charge in [-0.3, -0.25) is 11.3 Å². The summed E-state index contributed by atoms with van der Waals surface area (Å²) in [5.41, 5.74) is 3.69. The molecule has 0 fully saturated rings. The molecule has 0 radical (unpaired) electrons. The van der Waals surface area contributed by atoms with Gasteiger partial charge in [-0.05, 0) is 41.8 Å². The molecule has 0 aromatic heterocycles. The van der Waals surface area contributed by atoms with Crippen LogP contribution in [-0.4, -0.2) is 0 Å². The predicted octanol–water partition coefficient (Wildman–Crippen LogP) is 4.11. The van der Waals surface area contributed by atoms with Crippen LogP contribution in [0.4, 0.5) is 13.2 Å². The third kappa shape index (κ3) is 4.20. The molecule has 21 heavy (non-hydrogen) atoms. The van der Waals surface area contributed by atoms with Gasteiger partial charge in [-0.2, -0.15) is 13.2 Å². The van der Waals surface area contributed by atoms with E-state index >= 15 is 0 Å². The van der Waals surface area contributed by atoms with Crippen LogP contribution in [0.3, 0.4) is 0 Å². The van der Waals surface area contributed by atoms with Crippen LogP contribution < -0.4 is 11.3 Å². The Morgan fingerprint density at radius 3 is 2.05 bits per heavy atom. The van der Waals surface area contributed by atoms with E-state index in [1.165, 1.54) is 12.1 Å². The maximum absolute atomic E-state index is 12.5. The summed E-state index contributed by atoms with van der Waals surface area (Å²) in [6.07, 6.45) is -3.84. The molecular formula is C15H14ClF3N2. The standard InChI is InChI=1S/C15H14ClF3N2/c16-13-7-3-11(4-8-13)14(21-20)9-10-1-5-12(6-2-10)15(17,18)19/h1-8,14,21H,9,20H2. The Morgan fingerprint density at radius 1 is 1.00 bits per heavy atom. The Morgan fingerprint density at radius 2 is 1.57 bits per heavy atom. The summed E-state index contributed by atoms with van der Waals surface area (Å²) in [7, 11) is 0. The topological polar surface area (TPSA) is 38.0 Å². The van der Waals surface area contributed by atoms with E-state index in [9.17, 15) is 13.2 Å². The normalized spacial score (nSPS) is 13.2. The average Bonchev–Trinajstić information content (AvgIpc) is 2.45. The molecule has 2 aromatic rings. The predicted molar refractivity (Wildman–Crippen MR) is 76.7 cm³/mol. The first-order chi connectivity index (χ1) is 9.90. The second-order valence-corrected chi connectivity index (χ2v) is 5.11. The summed E-state index contributed by atoms with van der Waals surface area (Å²) in [5, 5.41) is 0.615. The SMILES string of the molecule is NNC(Cc1ccc(C(F)(F)F)cc1)c1ccc(Cl)cc1. The largest absolute Gasteiger partial charge is 0.416 e. The van der Waals surface area contributed by atoms with Crippen molar-refractivity contribution in [1.29, 1.82) is 0 Å². The third-order valence-corrected chi connectivity index (χ3v) is 3.45. The molecule has 1 unspecified atom stereocenters. The molecule has 0 aliphatic carbocycles. The molecule has 2 aromatic carbocycles. The van der Waals surface area contributed by atoms with Crippen molar-refractivity contribution < 1.29 is 13.2 Å². The van der Waals surface area contributed by atoms with Crippen LogP contribution in [-0.2, 0) is 12.6 Å². The number of nitrogens with two attached hydrogens (primary N) is 1. The monoisotopic (exact) mass is 314 g/mol. The number of rotatable bonds is 4. The molecule has 2 nitrogen and oxygen atoms in total. The molecular weight excluding hydrogens is 301 g/mol. The molecule has 0 saturated carbocycles. The lowest BCUT2D eigenvalue weighted by molar-refractivity contribution is -0.137. The molecule has 0 aliphatic rings. The van der Waals surface area contributed by atoms with Crippen molar-refractivity contribution >= 4 is 11.6 Å². The van der Waals surface area contributed by atoms with Crippen LogP contribution >= 0.6 is 11.6 Å². The van der Waals surface area contributed by atoms with Gasteiger partial charge in [0.1, 0.15) is 0 Å². The Hall–Kier alpha value is -1.56. The Labute approximate surface area is 125 Å². The van der Waals surface area contributed by atoms with Crippen LogP contribution in [0.1, 0.15) is 22.7 Å². The summed E-state index contributed by atoms with van der Waals surface area (Å²) in [4.78, 5) is 0. The minimum atomic E-state index is -4.32. The van der Waals surface area contributed by atoms with Crippen molar-refractivity contribution in [3.63, 3.8) is 0 Å². The van der Waals surface area contributed by atoms with Gasteiger partial charge in [0.05, 0.1) is 5.56 Å². The van der Waals surface area contributed by atoms with Crippen molar-refractivity contribution in [2.24, 2.45) is 5.84 Å². The zero-order chi connectivity index (χ0) is 15.5. The van der Waals surface area contributed by atoms with E-state index in [4.69, 9.17) is 17.4 Å². The van der Waals surface area contributed by atoms with E-state index < -0.39 is 11.7 Å². The maximum atomic E-state index is 12.5. The van der Waals surface area contributed by atoms with E-state index in [1.54, 1.807) is 12.1 Å². The second-order valence-electron chi connectivity index (χ2n) is 4.67. The highest BCUT2D eigenvalue weighted by molar-refractivity contribution is 6.30. The van der Waals surface area contributed by atoms with Crippen LogP contribution in [0.5, 0.6) is 0 Å². The lowest BCUT2D eigenvalue weighted by atomic mass is 9.98. The zero-order valence-corrected chi connectivity index (χ0v) is 11.7. The molecule has 3 N–H and O–H groups in total. The van der Waals surface area contributed by atoms with Gasteiger partial charge in [0.15, 0.2) is 0 Å². The van der Waals surface area contributed by atoms with Crippen molar-refractivity contribution in [3.05, 3.63) is 70.2 Å². The van der Waals surface area contributed by atoms with Gasteiger partial charge >= 0.3 is 6.18 Å². The van der Waals surface area contributed by atoms with E-state index in [0.717, 1.165) is 23.3 Å². The number of alkyl halides is 3. The fourth-order valence-corrected chi connectivity index (χ4v) is 2.16. The summed E-state index contributed by atoms with van der Waals surface area (Å²) in [5.74, 6) is 5.53. The summed E-state index contributed by atoms with van der Waals surface area (Å²) in [6, 6.07) is 12.0. The minimum Gasteiger partial charge on any atom is -0.271 e. The lowest BCUT2D eigenvalue weighted by Gasteiger charge is -2.17. The number of hydrogen-bond donors (Lipinski definition) is 2. The zero-order valence-electron chi connectivity index (χ0n) is 11.0. The Kier molecular flexibility index (Phi) is 4.88. The van der Waals surface area contributed by atoms with Gasteiger partial charge in [0, 0.05) is 11.1 Å². The molecule has 6 heteroatoms. The number of hydrazine groups is 1. The van der Waals surface area contributed by atoms with E-state index in [1.807, 2.05) is 12.1 Å². The quantitative estimate of drug-likeness (QED) is 0.658. The highest BCUT2D eigenvalue weighted by atomic mass is 35.5. The minimum absolute atomic E-state index is 0.195. The van der Waals surface area contributed by atoms with Gasteiger partial charge in [-0.25, -0.2) is 0 Å². The van der Waals surface area contributed by atoms with Gasteiger partial charge in [0.25, 0.3) is 0 Å². The average molecular weight is 315 g/mol. The van der Waals surface area contributed by atoms with Gasteiger partial charge in [0.2, 0.25) is 0 Å². The fraction of sp³-hybridized carbons (Fsp3) is 0.200. The lowest BCUT2D eigenvalue weighted by Crippen LogP contribution is -2.29. The maximum Gasteiger partial charge on any atom is 0.416 e. The Balaban J connectivity index is 2.13. The van der Waals surface area contributed by atoms with Crippen LogP contribution in [0.15, 0.2) is 48.5 Å². The molecule has 0 spiro atoms. The number of hydrogen-bond acceptors (Lipinski definition) is 2. The van der Waals surface area contributed by atoms with Crippen molar-refractivity contribution in [1.82, 2.24) is 5.43 Å². The molecule has 1 atom stereocenters. The van der Waals surface area contributed by atoms with Crippen molar-refractivity contribution in [3.8, 4) is 0 Å². The number of nitrogens with one attached hydrogen (secondary N) is 1. The summed E-state index contributed by atoms with van der Waals surface area (Å²) >= 11 is 5.82. The van der Waals surface area contributed by atoms with E-state index in [0.29, 0.717) is 11.4 Å². The first-order valence-corrected chi connectivity index (χ1v) is 6.65. The van der Waals surface area contributed by atoms with E-state index in [-0.39, 0.29) is 6.04 Å². The van der Waals surface area contributed by atoms with E-state index in [2.05, 4.69) is 5.43 Å². The molecule has 0 bridgehead atoms. The molecule has 0 amide bonds. The van der Waals surface area contributed by atoms with Crippen LogP contribution in [0.25, 0.3) is 0 Å². The first kappa shape index (κ1) is 15.8. The van der Waals surface area contributed by atoms with Crippen molar-refractivity contribution in [2.45, 2.75) is 18.6 Å². The smallest absolute Gasteiger partial charge is 0.271 e. The molecule has 2 rings (SSSR count). The fourth-order valence-electron chi connectivity index (χ4n) is 2.03. The summed E-state index contributed by atoms with van der Waals surface area (Å²) < 4.78 is 37.5. The second kappa shape index (κ2) is 6.47. The first-order valence-electron chi connectivity index (χ1n) is 6.28. The molecule has 0 heterocycles. The van der Waals surface area contributed by atoms with Gasteiger partial charge in [-0.1, -0.05) is 35.9 Å².